The highest BCUT2D eigenvalue weighted by Crippen LogP contribution is 2.37. The highest BCUT2D eigenvalue weighted by atomic mass is 16.3. The van der Waals surface area contributed by atoms with Gasteiger partial charge in [-0.05, 0) is 25.0 Å². The van der Waals surface area contributed by atoms with Gasteiger partial charge in [-0.1, -0.05) is 13.8 Å². The molecule has 0 saturated carbocycles. The molecule has 0 unspecified atom stereocenters. The summed E-state index contributed by atoms with van der Waals surface area (Å²) < 4.78 is 2.09. The zero-order chi connectivity index (χ0) is 12.6. The Morgan fingerprint density at radius 1 is 1.18 bits per heavy atom. The average molecular weight is 232 g/mol. The van der Waals surface area contributed by atoms with E-state index in [2.05, 4.69) is 25.3 Å². The van der Waals surface area contributed by atoms with Crippen molar-refractivity contribution in [1.29, 1.82) is 0 Å². The van der Waals surface area contributed by atoms with Crippen molar-refractivity contribution in [3.8, 4) is 11.5 Å². The Labute approximate surface area is 101 Å². The summed E-state index contributed by atoms with van der Waals surface area (Å²) in [5.74, 6) is 0.215. The average Bonchev–Trinajstić information content (AvgIpc) is 2.32. The third-order valence-electron chi connectivity index (χ3n) is 3.07. The van der Waals surface area contributed by atoms with Crippen molar-refractivity contribution in [3.05, 3.63) is 30.1 Å². The van der Waals surface area contributed by atoms with E-state index in [1.165, 1.54) is 6.07 Å². The number of nitrogens with zero attached hydrogens (tertiary/aromatic N) is 1. The number of fused-ring (bicyclic) bond motifs is 1. The van der Waals surface area contributed by atoms with Gasteiger partial charge in [0.2, 0.25) is 0 Å². The molecule has 0 fully saturated rings. The van der Waals surface area contributed by atoms with Gasteiger partial charge in [-0.25, -0.2) is 4.57 Å². The molecule has 1 heterocycles. The number of aromatic nitrogens is 1. The zero-order valence-electron chi connectivity index (χ0n) is 10.4. The van der Waals surface area contributed by atoms with Crippen LogP contribution in [0.15, 0.2) is 24.5 Å². The van der Waals surface area contributed by atoms with Crippen molar-refractivity contribution < 1.29 is 14.8 Å². The number of rotatable bonds is 2. The molecule has 1 aromatic carbocycles. The Balaban J connectivity index is 2.87. The number of hydrogen-bond donors (Lipinski definition) is 2. The van der Waals surface area contributed by atoms with Gasteiger partial charge in [-0.2, -0.15) is 0 Å². The number of hydrogen-bond acceptors (Lipinski definition) is 2. The molecule has 2 rings (SSSR count). The third-order valence-corrected chi connectivity index (χ3v) is 3.07. The van der Waals surface area contributed by atoms with Crippen LogP contribution in [-0.2, 0) is 6.54 Å². The van der Waals surface area contributed by atoms with Crippen molar-refractivity contribution in [2.45, 2.75) is 33.2 Å². The minimum Gasteiger partial charge on any atom is -0.504 e. The summed E-state index contributed by atoms with van der Waals surface area (Å²) in [6.07, 6.45) is 4.02. The largest absolute Gasteiger partial charge is 0.504 e. The maximum Gasteiger partial charge on any atom is 0.176 e. The summed E-state index contributed by atoms with van der Waals surface area (Å²) >= 11 is 0. The molecule has 0 radical (unpaired) electrons. The first-order valence-corrected chi connectivity index (χ1v) is 5.92. The molecule has 0 aliphatic rings. The van der Waals surface area contributed by atoms with Crippen LogP contribution in [0, 0.1) is 0 Å². The lowest BCUT2D eigenvalue weighted by molar-refractivity contribution is -0.692. The van der Waals surface area contributed by atoms with Crippen LogP contribution in [0.1, 0.15) is 32.3 Å². The minimum atomic E-state index is -0.0614. The van der Waals surface area contributed by atoms with Crippen LogP contribution in [-0.4, -0.2) is 10.2 Å². The van der Waals surface area contributed by atoms with Crippen molar-refractivity contribution >= 4 is 10.8 Å². The van der Waals surface area contributed by atoms with E-state index in [1.54, 1.807) is 0 Å². The number of aryl methyl sites for hydroxylation is 1. The van der Waals surface area contributed by atoms with E-state index in [4.69, 9.17) is 0 Å². The molecular formula is C14H18NO2+. The standard InChI is InChI=1S/C14H17NO2/c1-4-15-7-10-5-6-12(16)14(17)13(10)11(8-15)9(2)3/h5-9,17H,4H2,1-3H3/p+1. The molecule has 17 heavy (non-hydrogen) atoms. The van der Waals surface area contributed by atoms with Gasteiger partial charge < -0.3 is 10.2 Å². The molecule has 1 aromatic heterocycles. The van der Waals surface area contributed by atoms with Gasteiger partial charge in [0.1, 0.15) is 6.54 Å². The van der Waals surface area contributed by atoms with Crippen molar-refractivity contribution in [1.82, 2.24) is 0 Å². The first-order chi connectivity index (χ1) is 8.04. The van der Waals surface area contributed by atoms with E-state index in [9.17, 15) is 10.2 Å². The fourth-order valence-electron chi connectivity index (χ4n) is 2.09. The van der Waals surface area contributed by atoms with Crippen LogP contribution in [0.2, 0.25) is 0 Å². The lowest BCUT2D eigenvalue weighted by atomic mass is 9.97. The van der Waals surface area contributed by atoms with E-state index in [0.717, 1.165) is 22.9 Å². The van der Waals surface area contributed by atoms with Crippen LogP contribution >= 0.6 is 0 Å². The van der Waals surface area contributed by atoms with Gasteiger partial charge in [-0.3, -0.25) is 0 Å². The van der Waals surface area contributed by atoms with Crippen molar-refractivity contribution in [3.63, 3.8) is 0 Å². The molecule has 2 N–H and O–H groups in total. The summed E-state index contributed by atoms with van der Waals surface area (Å²) in [5, 5.41) is 21.3. The van der Waals surface area contributed by atoms with Gasteiger partial charge in [0.05, 0.1) is 0 Å². The SMILES string of the molecule is CC[n+]1cc(C(C)C)c2c(O)c(O)ccc2c1. The Morgan fingerprint density at radius 2 is 1.88 bits per heavy atom. The van der Waals surface area contributed by atoms with Gasteiger partial charge >= 0.3 is 0 Å². The molecule has 0 aliphatic carbocycles. The van der Waals surface area contributed by atoms with E-state index >= 15 is 0 Å². The Hall–Kier alpha value is -1.77. The number of aromatic hydroxyl groups is 2. The van der Waals surface area contributed by atoms with E-state index in [-0.39, 0.29) is 11.5 Å². The summed E-state index contributed by atoms with van der Waals surface area (Å²) in [6.45, 7) is 7.13. The van der Waals surface area contributed by atoms with Crippen LogP contribution < -0.4 is 4.57 Å². The van der Waals surface area contributed by atoms with Crippen LogP contribution in [0.4, 0.5) is 0 Å². The van der Waals surface area contributed by atoms with E-state index in [1.807, 2.05) is 18.5 Å². The first-order valence-electron chi connectivity index (χ1n) is 5.92. The van der Waals surface area contributed by atoms with Crippen molar-refractivity contribution in [2.75, 3.05) is 0 Å². The Bertz CT molecular complexity index is 562. The summed E-state index contributed by atoms with van der Waals surface area (Å²) in [4.78, 5) is 0. The monoisotopic (exact) mass is 232 g/mol. The summed E-state index contributed by atoms with van der Waals surface area (Å²) in [6, 6.07) is 3.37. The smallest absolute Gasteiger partial charge is 0.176 e. The predicted octanol–water partition coefficient (Wildman–Crippen LogP) is 2.68. The second-order valence-electron chi connectivity index (χ2n) is 4.60. The number of phenols is 2. The van der Waals surface area contributed by atoms with Gasteiger partial charge in [-0.15, -0.1) is 0 Å². The number of phenolic OH excluding ortho intramolecular Hbond substituents is 2. The predicted molar refractivity (Wildman–Crippen MR) is 67.2 cm³/mol. The van der Waals surface area contributed by atoms with Crippen LogP contribution in [0.3, 0.4) is 0 Å². The third kappa shape index (κ3) is 1.93. The first kappa shape index (κ1) is 11.7. The molecule has 90 valence electrons. The fourth-order valence-corrected chi connectivity index (χ4v) is 2.09. The highest BCUT2D eigenvalue weighted by molar-refractivity contribution is 5.92. The lowest BCUT2D eigenvalue weighted by Crippen LogP contribution is -2.32. The number of benzene rings is 1. The molecule has 0 atom stereocenters. The molecular weight excluding hydrogens is 214 g/mol. The molecule has 3 heteroatoms. The lowest BCUT2D eigenvalue weighted by Gasteiger charge is -2.10. The van der Waals surface area contributed by atoms with Crippen LogP contribution in [0.25, 0.3) is 10.8 Å². The second kappa shape index (κ2) is 4.24. The summed E-state index contributed by atoms with van der Waals surface area (Å²) in [5.41, 5.74) is 1.05. The molecule has 0 bridgehead atoms. The normalized spacial score (nSPS) is 11.3. The minimum absolute atomic E-state index is 0.0190. The molecule has 0 aliphatic heterocycles. The number of pyridine rings is 1. The van der Waals surface area contributed by atoms with Gasteiger partial charge in [0.25, 0.3) is 0 Å². The quantitative estimate of drug-likeness (QED) is 0.617. The maximum atomic E-state index is 9.99. The van der Waals surface area contributed by atoms with Crippen molar-refractivity contribution in [2.24, 2.45) is 0 Å². The topological polar surface area (TPSA) is 44.3 Å². The van der Waals surface area contributed by atoms with E-state index < -0.39 is 0 Å². The van der Waals surface area contributed by atoms with Gasteiger partial charge in [0.15, 0.2) is 23.9 Å². The fraction of sp³-hybridized carbons (Fsp3) is 0.357. The van der Waals surface area contributed by atoms with Crippen LogP contribution in [0.5, 0.6) is 11.5 Å². The molecule has 0 saturated heterocycles. The maximum absolute atomic E-state index is 9.99. The summed E-state index contributed by atoms with van der Waals surface area (Å²) in [7, 11) is 0. The zero-order valence-corrected chi connectivity index (χ0v) is 10.4. The second-order valence-corrected chi connectivity index (χ2v) is 4.60. The molecule has 0 spiro atoms. The Kier molecular flexibility index (Phi) is 2.92. The Morgan fingerprint density at radius 3 is 2.47 bits per heavy atom. The van der Waals surface area contributed by atoms with Gasteiger partial charge in [0, 0.05) is 16.3 Å². The molecule has 0 amide bonds. The highest BCUT2D eigenvalue weighted by Gasteiger charge is 2.17. The molecule has 2 aromatic rings. The van der Waals surface area contributed by atoms with E-state index in [0.29, 0.717) is 5.92 Å². The molecule has 3 nitrogen and oxygen atoms in total.